The predicted octanol–water partition coefficient (Wildman–Crippen LogP) is 5.35. The molecule has 28 heavy (non-hydrogen) atoms. The number of anilines is 2. The molecule has 3 rings (SSSR count). The van der Waals surface area contributed by atoms with Gasteiger partial charge in [-0.25, -0.2) is 8.42 Å². The van der Waals surface area contributed by atoms with E-state index in [1.54, 1.807) is 49.4 Å². The van der Waals surface area contributed by atoms with Gasteiger partial charge in [-0.15, -0.1) is 0 Å². The van der Waals surface area contributed by atoms with E-state index in [-0.39, 0.29) is 10.8 Å². The van der Waals surface area contributed by atoms with Gasteiger partial charge in [0.05, 0.1) is 10.6 Å². The molecule has 1 amide bonds. The van der Waals surface area contributed by atoms with Gasteiger partial charge in [0.25, 0.3) is 15.9 Å². The Kier molecular flexibility index (Phi) is 5.93. The molecule has 0 aromatic heterocycles. The molecule has 0 heterocycles. The minimum Gasteiger partial charge on any atom is -0.322 e. The number of sulfonamides is 1. The molecule has 0 aliphatic heterocycles. The first kappa shape index (κ1) is 20.2. The fourth-order valence-electron chi connectivity index (χ4n) is 2.44. The molecule has 0 spiro atoms. The van der Waals surface area contributed by atoms with E-state index in [2.05, 4.69) is 10.0 Å². The largest absolute Gasteiger partial charge is 0.322 e. The van der Waals surface area contributed by atoms with Crippen molar-refractivity contribution in [3.8, 4) is 0 Å². The van der Waals surface area contributed by atoms with E-state index in [0.29, 0.717) is 32.5 Å². The fourth-order valence-corrected chi connectivity index (χ4v) is 3.87. The molecule has 8 heteroatoms. The van der Waals surface area contributed by atoms with Crippen LogP contribution in [-0.4, -0.2) is 14.3 Å². The maximum atomic E-state index is 12.6. The molecular weight excluding hydrogens is 419 g/mol. The summed E-state index contributed by atoms with van der Waals surface area (Å²) in [6.45, 7) is 1.73. The second-order valence-electron chi connectivity index (χ2n) is 6.00. The van der Waals surface area contributed by atoms with Gasteiger partial charge >= 0.3 is 0 Å². The average Bonchev–Trinajstić information content (AvgIpc) is 2.66. The number of halogens is 2. The molecule has 144 valence electrons. The Hall–Kier alpha value is -2.54. The van der Waals surface area contributed by atoms with Gasteiger partial charge in [0.1, 0.15) is 0 Å². The van der Waals surface area contributed by atoms with Crippen LogP contribution in [0.2, 0.25) is 10.0 Å². The predicted molar refractivity (Wildman–Crippen MR) is 113 cm³/mol. The Morgan fingerprint density at radius 3 is 2.18 bits per heavy atom. The summed E-state index contributed by atoms with van der Waals surface area (Å²) < 4.78 is 27.7. The topological polar surface area (TPSA) is 75.3 Å². The summed E-state index contributed by atoms with van der Waals surface area (Å²) in [4.78, 5) is 12.3. The number of carbonyl (C=O) groups excluding carboxylic acids is 1. The van der Waals surface area contributed by atoms with Gasteiger partial charge in [-0.1, -0.05) is 29.3 Å². The van der Waals surface area contributed by atoms with Crippen LogP contribution in [0.3, 0.4) is 0 Å². The van der Waals surface area contributed by atoms with E-state index in [4.69, 9.17) is 23.2 Å². The lowest BCUT2D eigenvalue weighted by molar-refractivity contribution is 0.102. The molecule has 5 nitrogen and oxygen atoms in total. The average molecular weight is 435 g/mol. The second-order valence-corrected chi connectivity index (χ2v) is 8.53. The van der Waals surface area contributed by atoms with Gasteiger partial charge < -0.3 is 5.32 Å². The number of nitrogens with one attached hydrogen (secondary N) is 2. The first-order chi connectivity index (χ1) is 13.3. The van der Waals surface area contributed by atoms with Gasteiger partial charge in [-0.05, 0) is 73.2 Å². The molecule has 0 aliphatic rings. The van der Waals surface area contributed by atoms with Crippen LogP contribution in [0, 0.1) is 6.92 Å². The number of benzene rings is 3. The monoisotopic (exact) mass is 434 g/mol. The lowest BCUT2D eigenvalue weighted by Gasteiger charge is -2.12. The third-order valence-corrected chi connectivity index (χ3v) is 6.08. The van der Waals surface area contributed by atoms with E-state index in [1.807, 2.05) is 0 Å². The van der Waals surface area contributed by atoms with Crippen LogP contribution in [0.1, 0.15) is 15.9 Å². The Morgan fingerprint density at radius 2 is 1.54 bits per heavy atom. The summed E-state index contributed by atoms with van der Waals surface area (Å²) in [7, 11) is -3.79. The summed E-state index contributed by atoms with van der Waals surface area (Å²) in [6.07, 6.45) is 0. The van der Waals surface area contributed by atoms with Crippen LogP contribution in [0.25, 0.3) is 0 Å². The van der Waals surface area contributed by atoms with Crippen LogP contribution in [0.15, 0.2) is 71.6 Å². The first-order valence-corrected chi connectivity index (χ1v) is 10.4. The van der Waals surface area contributed by atoms with Crippen molar-refractivity contribution < 1.29 is 13.2 Å². The zero-order valence-corrected chi connectivity index (χ0v) is 17.1. The first-order valence-electron chi connectivity index (χ1n) is 8.21. The van der Waals surface area contributed by atoms with Gasteiger partial charge in [-0.3, -0.25) is 9.52 Å². The summed E-state index contributed by atoms with van der Waals surface area (Å²) >= 11 is 11.8. The lowest BCUT2D eigenvalue weighted by Crippen LogP contribution is -2.14. The normalized spacial score (nSPS) is 11.1. The van der Waals surface area contributed by atoms with Gasteiger partial charge in [0, 0.05) is 21.3 Å². The Labute approximate surface area is 173 Å². The third-order valence-electron chi connectivity index (χ3n) is 4.04. The molecule has 0 aliphatic carbocycles. The fraction of sp³-hybridized carbons (Fsp3) is 0.0500. The van der Waals surface area contributed by atoms with Crippen molar-refractivity contribution >= 4 is 50.5 Å². The molecule has 0 bridgehead atoms. The van der Waals surface area contributed by atoms with Crippen molar-refractivity contribution in [1.29, 1.82) is 0 Å². The molecule has 3 aromatic carbocycles. The minimum atomic E-state index is -3.79. The van der Waals surface area contributed by atoms with Crippen LogP contribution in [-0.2, 0) is 10.0 Å². The van der Waals surface area contributed by atoms with Gasteiger partial charge in [-0.2, -0.15) is 0 Å². The van der Waals surface area contributed by atoms with Crippen molar-refractivity contribution in [2.75, 3.05) is 10.0 Å². The van der Waals surface area contributed by atoms with Gasteiger partial charge in [0.15, 0.2) is 0 Å². The molecule has 2 N–H and O–H groups in total. The van der Waals surface area contributed by atoms with Crippen molar-refractivity contribution in [1.82, 2.24) is 0 Å². The molecule has 3 aromatic rings. The highest BCUT2D eigenvalue weighted by Crippen LogP contribution is 2.26. The summed E-state index contributed by atoms with van der Waals surface area (Å²) in [5, 5.41) is 3.72. The highest BCUT2D eigenvalue weighted by atomic mass is 35.5. The number of hydrogen-bond acceptors (Lipinski definition) is 3. The van der Waals surface area contributed by atoms with E-state index >= 15 is 0 Å². The highest BCUT2D eigenvalue weighted by molar-refractivity contribution is 7.92. The van der Waals surface area contributed by atoms with Crippen LogP contribution < -0.4 is 10.0 Å². The quantitative estimate of drug-likeness (QED) is 0.567. The Balaban J connectivity index is 1.75. The molecular formula is C20H16Cl2N2O3S. The highest BCUT2D eigenvalue weighted by Gasteiger charge is 2.16. The van der Waals surface area contributed by atoms with Crippen LogP contribution in [0.5, 0.6) is 0 Å². The maximum absolute atomic E-state index is 12.6. The Morgan fingerprint density at radius 1 is 0.893 bits per heavy atom. The van der Waals surface area contributed by atoms with Crippen LogP contribution in [0.4, 0.5) is 11.4 Å². The van der Waals surface area contributed by atoms with Crippen molar-refractivity contribution in [3.05, 3.63) is 87.9 Å². The standard InChI is InChI=1S/C20H16Cl2N2O3S/c1-13-18(22)3-2-4-19(13)24-28(26,27)17-11-9-16(10-12-17)23-20(25)14-5-7-15(21)8-6-14/h2-12,24H,1H3,(H,23,25). The summed E-state index contributed by atoms with van der Waals surface area (Å²) in [6, 6.07) is 17.3. The maximum Gasteiger partial charge on any atom is 0.261 e. The van der Waals surface area contributed by atoms with E-state index in [1.165, 1.54) is 24.3 Å². The second kappa shape index (κ2) is 8.22. The summed E-state index contributed by atoms with van der Waals surface area (Å²) in [5.41, 5.74) is 1.96. The number of amides is 1. The third kappa shape index (κ3) is 4.65. The lowest BCUT2D eigenvalue weighted by atomic mass is 10.2. The van der Waals surface area contributed by atoms with Crippen molar-refractivity contribution in [2.24, 2.45) is 0 Å². The van der Waals surface area contributed by atoms with E-state index in [9.17, 15) is 13.2 Å². The molecule has 0 saturated carbocycles. The molecule has 0 atom stereocenters. The minimum absolute atomic E-state index is 0.0661. The van der Waals surface area contributed by atoms with Crippen LogP contribution >= 0.6 is 23.2 Å². The smallest absolute Gasteiger partial charge is 0.261 e. The number of carbonyl (C=O) groups is 1. The molecule has 0 radical (unpaired) electrons. The molecule has 0 saturated heterocycles. The zero-order chi connectivity index (χ0) is 20.3. The zero-order valence-electron chi connectivity index (χ0n) is 14.7. The number of hydrogen-bond donors (Lipinski definition) is 2. The summed E-state index contributed by atoms with van der Waals surface area (Å²) in [5.74, 6) is -0.319. The molecule has 0 unspecified atom stereocenters. The van der Waals surface area contributed by atoms with Crippen molar-refractivity contribution in [2.45, 2.75) is 11.8 Å². The van der Waals surface area contributed by atoms with Crippen molar-refractivity contribution in [3.63, 3.8) is 0 Å². The van der Waals surface area contributed by atoms with Gasteiger partial charge in [0.2, 0.25) is 0 Å². The number of rotatable bonds is 5. The van der Waals surface area contributed by atoms with E-state index < -0.39 is 10.0 Å². The Bertz CT molecular complexity index is 1110. The van der Waals surface area contributed by atoms with E-state index in [0.717, 1.165) is 0 Å². The SMILES string of the molecule is Cc1c(Cl)cccc1NS(=O)(=O)c1ccc(NC(=O)c2ccc(Cl)cc2)cc1. The molecule has 0 fully saturated rings.